The topological polar surface area (TPSA) is 70.7 Å². The van der Waals surface area contributed by atoms with Crippen molar-refractivity contribution in [3.05, 3.63) is 30.1 Å². The zero-order valence-electron chi connectivity index (χ0n) is 13.1. The lowest BCUT2D eigenvalue weighted by Crippen LogP contribution is -2.49. The number of rotatable bonds is 7. The Morgan fingerprint density at radius 1 is 1.36 bits per heavy atom. The molecule has 0 saturated carbocycles. The summed E-state index contributed by atoms with van der Waals surface area (Å²) in [6.45, 7) is 4.53. The van der Waals surface area contributed by atoms with E-state index in [1.165, 1.54) is 6.07 Å². The van der Waals surface area contributed by atoms with Crippen LogP contribution in [-0.2, 0) is 4.79 Å². The molecule has 0 saturated heterocycles. The zero-order valence-corrected chi connectivity index (χ0v) is 13.1. The van der Waals surface area contributed by atoms with Crippen LogP contribution in [0, 0.1) is 5.82 Å². The van der Waals surface area contributed by atoms with Gasteiger partial charge in [0.25, 0.3) is 0 Å². The maximum absolute atomic E-state index is 13.4. The Bertz CT molecular complexity index is 511. The summed E-state index contributed by atoms with van der Waals surface area (Å²) >= 11 is 0. The summed E-state index contributed by atoms with van der Waals surface area (Å²) < 4.78 is 18.7. The summed E-state index contributed by atoms with van der Waals surface area (Å²) in [7, 11) is 1.73. The monoisotopic (exact) mass is 311 g/mol. The van der Waals surface area contributed by atoms with Gasteiger partial charge in [-0.25, -0.2) is 9.18 Å². The number of urea groups is 1. The zero-order chi connectivity index (χ0) is 16.5. The molecule has 22 heavy (non-hydrogen) atoms. The number of hydrogen-bond acceptors (Lipinski definition) is 4. The van der Waals surface area contributed by atoms with Crippen LogP contribution in [0.2, 0.25) is 0 Å². The van der Waals surface area contributed by atoms with Gasteiger partial charge >= 0.3 is 6.03 Å². The quantitative estimate of drug-likeness (QED) is 0.798. The summed E-state index contributed by atoms with van der Waals surface area (Å²) in [5.41, 5.74) is 0. The molecule has 1 rings (SSSR count). The normalized spacial score (nSPS) is 11.9. The van der Waals surface area contributed by atoms with Crippen molar-refractivity contribution in [1.29, 1.82) is 0 Å². The molecule has 0 spiro atoms. The fourth-order valence-electron chi connectivity index (χ4n) is 1.68. The van der Waals surface area contributed by atoms with Gasteiger partial charge < -0.3 is 10.1 Å². The number of imide groups is 1. The third kappa shape index (κ3) is 5.69. The van der Waals surface area contributed by atoms with Crippen molar-refractivity contribution in [2.24, 2.45) is 0 Å². The van der Waals surface area contributed by atoms with Gasteiger partial charge in [0, 0.05) is 13.1 Å². The first-order valence-electron chi connectivity index (χ1n) is 7.12. The molecule has 0 fully saturated rings. The van der Waals surface area contributed by atoms with Crippen LogP contribution in [0.15, 0.2) is 24.3 Å². The van der Waals surface area contributed by atoms with Gasteiger partial charge in [0.05, 0.1) is 6.04 Å². The largest absolute Gasteiger partial charge is 0.489 e. The second kappa shape index (κ2) is 8.99. The molecule has 0 aromatic heterocycles. The maximum atomic E-state index is 13.4. The minimum atomic E-state index is -0.518. The highest BCUT2D eigenvalue weighted by Crippen LogP contribution is 2.15. The molecule has 0 radical (unpaired) electrons. The molecule has 2 N–H and O–H groups in total. The number of carbonyl (C=O) groups is 2. The molecule has 1 atom stereocenters. The molecule has 0 aliphatic heterocycles. The first-order chi connectivity index (χ1) is 10.5. The standard InChI is InChI=1S/C15H22FN3O3/c1-4-17-15(21)18-14(20)11(2)19(3)9-10-22-13-8-6-5-7-12(13)16/h5-8,11H,4,9-10H2,1-3H3,(H2,17,18,20,21). The third-order valence-electron chi connectivity index (χ3n) is 3.15. The number of nitrogens with zero attached hydrogens (tertiary/aromatic N) is 1. The van der Waals surface area contributed by atoms with Crippen LogP contribution in [-0.4, -0.2) is 49.6 Å². The molecule has 1 aromatic rings. The Labute approximate surface area is 129 Å². The van der Waals surface area contributed by atoms with E-state index in [0.29, 0.717) is 13.1 Å². The minimum Gasteiger partial charge on any atom is -0.489 e. The summed E-state index contributed by atoms with van der Waals surface area (Å²) in [5.74, 6) is -0.651. The van der Waals surface area contributed by atoms with Crippen LogP contribution in [0.4, 0.5) is 9.18 Å². The van der Waals surface area contributed by atoms with Crippen molar-refractivity contribution in [3.8, 4) is 5.75 Å². The summed E-state index contributed by atoms with van der Waals surface area (Å²) in [6, 6.07) is 5.11. The molecule has 0 bridgehead atoms. The number of para-hydroxylation sites is 1. The summed E-state index contributed by atoms with van der Waals surface area (Å²) in [5, 5.41) is 4.73. The molecule has 0 aliphatic rings. The average molecular weight is 311 g/mol. The van der Waals surface area contributed by atoms with Gasteiger partial charge in [-0.2, -0.15) is 0 Å². The van der Waals surface area contributed by atoms with E-state index in [4.69, 9.17) is 4.74 Å². The van der Waals surface area contributed by atoms with Gasteiger partial charge in [-0.15, -0.1) is 0 Å². The predicted octanol–water partition coefficient (Wildman–Crippen LogP) is 1.37. The number of nitrogens with one attached hydrogen (secondary N) is 2. The number of halogens is 1. The highest BCUT2D eigenvalue weighted by atomic mass is 19.1. The van der Waals surface area contributed by atoms with Crippen LogP contribution in [0.1, 0.15) is 13.8 Å². The van der Waals surface area contributed by atoms with E-state index >= 15 is 0 Å². The summed E-state index contributed by atoms with van der Waals surface area (Å²) in [4.78, 5) is 24.8. The Morgan fingerprint density at radius 2 is 2.05 bits per heavy atom. The number of hydrogen-bond donors (Lipinski definition) is 2. The molecule has 7 heteroatoms. The fourth-order valence-corrected chi connectivity index (χ4v) is 1.68. The van der Waals surface area contributed by atoms with E-state index in [9.17, 15) is 14.0 Å². The molecule has 0 heterocycles. The Kier molecular flexibility index (Phi) is 7.31. The lowest BCUT2D eigenvalue weighted by atomic mass is 10.3. The Morgan fingerprint density at radius 3 is 2.68 bits per heavy atom. The van der Waals surface area contributed by atoms with E-state index in [0.717, 1.165) is 0 Å². The van der Waals surface area contributed by atoms with Crippen LogP contribution in [0.3, 0.4) is 0 Å². The van der Waals surface area contributed by atoms with Gasteiger partial charge in [-0.1, -0.05) is 12.1 Å². The van der Waals surface area contributed by atoms with Crippen molar-refractivity contribution in [2.45, 2.75) is 19.9 Å². The number of carbonyl (C=O) groups excluding carboxylic acids is 2. The maximum Gasteiger partial charge on any atom is 0.321 e. The van der Waals surface area contributed by atoms with Crippen molar-refractivity contribution in [2.75, 3.05) is 26.7 Å². The molecule has 1 aromatic carbocycles. The number of amides is 3. The molecular formula is C15H22FN3O3. The van der Waals surface area contributed by atoms with Crippen LogP contribution < -0.4 is 15.4 Å². The van der Waals surface area contributed by atoms with Crippen molar-refractivity contribution >= 4 is 11.9 Å². The van der Waals surface area contributed by atoms with E-state index in [1.807, 2.05) is 0 Å². The summed E-state index contributed by atoms with van der Waals surface area (Å²) in [6.07, 6.45) is 0. The van der Waals surface area contributed by atoms with Crippen molar-refractivity contribution < 1.29 is 18.7 Å². The molecule has 3 amide bonds. The van der Waals surface area contributed by atoms with Gasteiger partial charge in [-0.3, -0.25) is 15.0 Å². The lowest BCUT2D eigenvalue weighted by molar-refractivity contribution is -0.124. The Hall–Kier alpha value is -2.15. The molecule has 6 nitrogen and oxygen atoms in total. The molecule has 0 aliphatic carbocycles. The van der Waals surface area contributed by atoms with E-state index in [-0.39, 0.29) is 12.4 Å². The Balaban J connectivity index is 2.38. The van der Waals surface area contributed by atoms with Gasteiger partial charge in [0.2, 0.25) is 5.91 Å². The van der Waals surface area contributed by atoms with Gasteiger partial charge in [-0.05, 0) is 33.0 Å². The molecule has 1 unspecified atom stereocenters. The van der Waals surface area contributed by atoms with E-state index in [2.05, 4.69) is 10.6 Å². The predicted molar refractivity (Wildman–Crippen MR) is 81.2 cm³/mol. The number of benzene rings is 1. The number of likely N-dealkylation sites (N-methyl/N-ethyl adjacent to an activating group) is 1. The smallest absolute Gasteiger partial charge is 0.321 e. The molecular weight excluding hydrogens is 289 g/mol. The molecule has 122 valence electrons. The highest BCUT2D eigenvalue weighted by Gasteiger charge is 2.19. The van der Waals surface area contributed by atoms with Crippen LogP contribution in [0.25, 0.3) is 0 Å². The fraction of sp³-hybridized carbons (Fsp3) is 0.467. The lowest BCUT2D eigenvalue weighted by Gasteiger charge is -2.23. The first-order valence-corrected chi connectivity index (χ1v) is 7.12. The van der Waals surface area contributed by atoms with E-state index in [1.54, 1.807) is 44.0 Å². The second-order valence-electron chi connectivity index (χ2n) is 4.78. The third-order valence-corrected chi connectivity index (χ3v) is 3.15. The van der Waals surface area contributed by atoms with Gasteiger partial charge in [0.15, 0.2) is 11.6 Å². The van der Waals surface area contributed by atoms with Crippen molar-refractivity contribution in [1.82, 2.24) is 15.5 Å². The first kappa shape index (κ1) is 17.9. The average Bonchev–Trinajstić information content (AvgIpc) is 2.48. The second-order valence-corrected chi connectivity index (χ2v) is 4.78. The van der Waals surface area contributed by atoms with Crippen molar-refractivity contribution in [3.63, 3.8) is 0 Å². The van der Waals surface area contributed by atoms with Gasteiger partial charge in [0.1, 0.15) is 6.61 Å². The highest BCUT2D eigenvalue weighted by molar-refractivity contribution is 5.96. The van der Waals surface area contributed by atoms with Crippen LogP contribution >= 0.6 is 0 Å². The van der Waals surface area contributed by atoms with E-state index < -0.39 is 23.8 Å². The van der Waals surface area contributed by atoms with Crippen LogP contribution in [0.5, 0.6) is 5.75 Å². The number of ether oxygens (including phenoxy) is 1. The minimum absolute atomic E-state index is 0.176. The SMILES string of the molecule is CCNC(=O)NC(=O)C(C)N(C)CCOc1ccccc1F.